The highest BCUT2D eigenvalue weighted by molar-refractivity contribution is 8.00. The fourth-order valence-corrected chi connectivity index (χ4v) is 3.28. The summed E-state index contributed by atoms with van der Waals surface area (Å²) < 4.78 is 4.77. The lowest BCUT2D eigenvalue weighted by molar-refractivity contribution is -0.119. The van der Waals surface area contributed by atoms with Crippen molar-refractivity contribution in [1.29, 1.82) is 0 Å². The number of carbonyl (C=O) groups is 1. The van der Waals surface area contributed by atoms with Gasteiger partial charge in [-0.25, -0.2) is 0 Å². The maximum atomic E-state index is 11.4. The second-order valence-corrected chi connectivity index (χ2v) is 6.25. The molecule has 1 saturated heterocycles. The number of thioether (sulfide) groups is 1. The van der Waals surface area contributed by atoms with Crippen molar-refractivity contribution in [2.75, 3.05) is 30.1 Å². The van der Waals surface area contributed by atoms with Crippen LogP contribution in [0.5, 0.6) is 0 Å². The van der Waals surface area contributed by atoms with Gasteiger partial charge < -0.3 is 15.4 Å². The van der Waals surface area contributed by atoms with Crippen LogP contribution >= 0.6 is 11.8 Å². The molecular formula is C14H20N2O2S. The van der Waals surface area contributed by atoms with E-state index in [9.17, 15) is 4.79 Å². The van der Waals surface area contributed by atoms with E-state index in [0.717, 1.165) is 22.4 Å². The highest BCUT2D eigenvalue weighted by atomic mass is 32.2. The van der Waals surface area contributed by atoms with Gasteiger partial charge in [-0.2, -0.15) is 11.8 Å². The normalized spacial score (nSPS) is 22.2. The molecule has 2 rings (SSSR count). The SMILES string of the molecule is COCC(=O)Nc1ccc(NC2CSC(C)C2)cc1. The molecule has 0 bridgehead atoms. The lowest BCUT2D eigenvalue weighted by atomic mass is 10.2. The van der Waals surface area contributed by atoms with Gasteiger partial charge in [0.25, 0.3) is 0 Å². The number of nitrogens with one attached hydrogen (secondary N) is 2. The molecule has 0 aliphatic carbocycles. The largest absolute Gasteiger partial charge is 0.381 e. The van der Waals surface area contributed by atoms with Crippen LogP contribution in [0.25, 0.3) is 0 Å². The molecule has 1 aromatic rings. The van der Waals surface area contributed by atoms with E-state index in [1.807, 2.05) is 36.0 Å². The lowest BCUT2D eigenvalue weighted by Gasteiger charge is -2.13. The zero-order valence-electron chi connectivity index (χ0n) is 11.3. The molecule has 1 aliphatic heterocycles. The van der Waals surface area contributed by atoms with Gasteiger partial charge in [0.15, 0.2) is 0 Å². The van der Waals surface area contributed by atoms with Gasteiger partial charge in [0.05, 0.1) is 0 Å². The van der Waals surface area contributed by atoms with Crippen LogP contribution in [0.15, 0.2) is 24.3 Å². The predicted octanol–water partition coefficient (Wildman–Crippen LogP) is 2.58. The molecule has 1 aliphatic rings. The third-order valence-electron chi connectivity index (χ3n) is 3.01. The average Bonchev–Trinajstić information content (AvgIpc) is 2.78. The van der Waals surface area contributed by atoms with Crippen molar-refractivity contribution in [1.82, 2.24) is 0 Å². The summed E-state index contributed by atoms with van der Waals surface area (Å²) in [6.45, 7) is 2.35. The van der Waals surface area contributed by atoms with Crippen LogP contribution in [0.4, 0.5) is 11.4 Å². The second kappa shape index (κ2) is 6.82. The van der Waals surface area contributed by atoms with Crippen molar-refractivity contribution < 1.29 is 9.53 Å². The van der Waals surface area contributed by atoms with E-state index < -0.39 is 0 Å². The fraction of sp³-hybridized carbons (Fsp3) is 0.500. The summed E-state index contributed by atoms with van der Waals surface area (Å²) in [4.78, 5) is 11.4. The molecule has 1 heterocycles. The van der Waals surface area contributed by atoms with Crippen molar-refractivity contribution in [3.63, 3.8) is 0 Å². The summed E-state index contributed by atoms with van der Waals surface area (Å²) in [5.74, 6) is 1.03. The van der Waals surface area contributed by atoms with Gasteiger partial charge in [0.1, 0.15) is 6.61 Å². The number of methoxy groups -OCH3 is 1. The number of rotatable bonds is 5. The molecule has 2 N–H and O–H groups in total. The van der Waals surface area contributed by atoms with E-state index in [1.54, 1.807) is 0 Å². The van der Waals surface area contributed by atoms with Crippen molar-refractivity contribution in [2.24, 2.45) is 0 Å². The molecular weight excluding hydrogens is 260 g/mol. The Morgan fingerprint density at radius 1 is 1.37 bits per heavy atom. The Morgan fingerprint density at radius 2 is 2.05 bits per heavy atom. The van der Waals surface area contributed by atoms with Gasteiger partial charge in [-0.1, -0.05) is 6.92 Å². The molecule has 1 aromatic carbocycles. The molecule has 0 radical (unpaired) electrons. The Hall–Kier alpha value is -1.20. The van der Waals surface area contributed by atoms with E-state index >= 15 is 0 Å². The minimum atomic E-state index is -0.135. The van der Waals surface area contributed by atoms with E-state index in [4.69, 9.17) is 4.74 Å². The first-order valence-electron chi connectivity index (χ1n) is 6.44. The first-order chi connectivity index (χ1) is 9.17. The molecule has 0 spiro atoms. The zero-order chi connectivity index (χ0) is 13.7. The number of amides is 1. The Bertz CT molecular complexity index is 422. The molecule has 0 saturated carbocycles. The zero-order valence-corrected chi connectivity index (χ0v) is 12.1. The summed E-state index contributed by atoms with van der Waals surface area (Å²) in [6.07, 6.45) is 1.21. The maximum Gasteiger partial charge on any atom is 0.250 e. The van der Waals surface area contributed by atoms with Crippen LogP contribution < -0.4 is 10.6 Å². The van der Waals surface area contributed by atoms with Crippen LogP contribution in [0, 0.1) is 0 Å². The molecule has 5 heteroatoms. The van der Waals surface area contributed by atoms with Crippen LogP contribution in [-0.2, 0) is 9.53 Å². The molecule has 2 unspecified atom stereocenters. The monoisotopic (exact) mass is 280 g/mol. The Kier molecular flexibility index (Phi) is 5.10. The fourth-order valence-electron chi connectivity index (χ4n) is 2.13. The van der Waals surface area contributed by atoms with Crippen LogP contribution in [0.2, 0.25) is 0 Å². The van der Waals surface area contributed by atoms with Gasteiger partial charge in [-0.3, -0.25) is 4.79 Å². The van der Waals surface area contributed by atoms with E-state index in [2.05, 4.69) is 17.6 Å². The minimum Gasteiger partial charge on any atom is -0.381 e. The summed E-state index contributed by atoms with van der Waals surface area (Å²) >= 11 is 2.01. The van der Waals surface area contributed by atoms with Crippen molar-refractivity contribution in [3.05, 3.63) is 24.3 Å². The molecule has 19 heavy (non-hydrogen) atoms. The summed E-state index contributed by atoms with van der Waals surface area (Å²) in [5, 5.41) is 7.03. The molecule has 1 fully saturated rings. The highest BCUT2D eigenvalue weighted by Crippen LogP contribution is 2.28. The predicted molar refractivity (Wildman–Crippen MR) is 80.9 cm³/mol. The van der Waals surface area contributed by atoms with Crippen LogP contribution in [0.1, 0.15) is 13.3 Å². The van der Waals surface area contributed by atoms with Crippen molar-refractivity contribution in [2.45, 2.75) is 24.6 Å². The van der Waals surface area contributed by atoms with Gasteiger partial charge in [-0.15, -0.1) is 0 Å². The van der Waals surface area contributed by atoms with E-state index in [1.165, 1.54) is 13.5 Å². The first-order valence-corrected chi connectivity index (χ1v) is 7.49. The Balaban J connectivity index is 1.86. The third kappa shape index (κ3) is 4.44. The van der Waals surface area contributed by atoms with Crippen LogP contribution in [0.3, 0.4) is 0 Å². The molecule has 0 aromatic heterocycles. The summed E-state index contributed by atoms with van der Waals surface area (Å²) in [7, 11) is 1.51. The average molecular weight is 280 g/mol. The number of ether oxygens (including phenoxy) is 1. The van der Waals surface area contributed by atoms with Gasteiger partial charge in [0.2, 0.25) is 5.91 Å². The number of benzene rings is 1. The number of hydrogen-bond donors (Lipinski definition) is 2. The number of hydrogen-bond acceptors (Lipinski definition) is 4. The number of anilines is 2. The summed E-state index contributed by atoms with van der Waals surface area (Å²) in [6, 6.07) is 8.35. The van der Waals surface area contributed by atoms with Crippen LogP contribution in [-0.4, -0.2) is 36.7 Å². The maximum absolute atomic E-state index is 11.4. The lowest BCUT2D eigenvalue weighted by Crippen LogP contribution is -2.19. The van der Waals surface area contributed by atoms with E-state index in [-0.39, 0.29) is 12.5 Å². The van der Waals surface area contributed by atoms with Gasteiger partial charge in [0, 0.05) is 35.5 Å². The van der Waals surface area contributed by atoms with Crippen molar-refractivity contribution >= 4 is 29.0 Å². The van der Waals surface area contributed by atoms with Gasteiger partial charge >= 0.3 is 0 Å². The quantitative estimate of drug-likeness (QED) is 0.870. The molecule has 2 atom stereocenters. The third-order valence-corrected chi connectivity index (χ3v) is 4.37. The Morgan fingerprint density at radius 3 is 2.63 bits per heavy atom. The minimum absolute atomic E-state index is 0.0805. The van der Waals surface area contributed by atoms with Crippen molar-refractivity contribution in [3.8, 4) is 0 Å². The first kappa shape index (κ1) is 14.2. The van der Waals surface area contributed by atoms with E-state index in [0.29, 0.717) is 6.04 Å². The summed E-state index contributed by atoms with van der Waals surface area (Å²) in [5.41, 5.74) is 1.89. The smallest absolute Gasteiger partial charge is 0.250 e. The molecule has 1 amide bonds. The Labute approximate surface area is 118 Å². The highest BCUT2D eigenvalue weighted by Gasteiger charge is 2.21. The second-order valence-electron chi connectivity index (χ2n) is 4.78. The topological polar surface area (TPSA) is 50.4 Å². The molecule has 104 valence electrons. The van der Waals surface area contributed by atoms with Gasteiger partial charge in [-0.05, 0) is 30.7 Å². The standard InChI is InChI=1S/C14H20N2O2S/c1-10-7-13(9-19-10)15-11-3-5-12(6-4-11)16-14(17)8-18-2/h3-6,10,13,15H,7-9H2,1-2H3,(H,16,17). The molecule has 4 nitrogen and oxygen atoms in total. The number of carbonyl (C=O) groups excluding carboxylic acids is 1.